The molecule has 3 heteroatoms. The van der Waals surface area contributed by atoms with E-state index in [1.165, 1.54) is 12.8 Å². The van der Waals surface area contributed by atoms with Gasteiger partial charge in [-0.15, -0.1) is 0 Å². The first-order valence-corrected chi connectivity index (χ1v) is 5.42. The van der Waals surface area contributed by atoms with E-state index in [0.717, 1.165) is 18.5 Å². The number of hydrogen-bond acceptors (Lipinski definition) is 2. The molecule has 0 spiro atoms. The summed E-state index contributed by atoms with van der Waals surface area (Å²) in [6, 6.07) is 4.64. The molecule has 0 aromatic carbocycles. The molecule has 1 unspecified atom stereocenters. The molecule has 5 N–H and O–H groups in total. The van der Waals surface area contributed by atoms with Crippen molar-refractivity contribution in [3.63, 3.8) is 0 Å². The van der Waals surface area contributed by atoms with Gasteiger partial charge < -0.3 is 16.5 Å². The molecule has 0 saturated heterocycles. The Kier molecular flexibility index (Phi) is 2.89. The molecule has 2 rings (SSSR count). The molecule has 0 aliphatic heterocycles. The van der Waals surface area contributed by atoms with Crippen LogP contribution in [0.2, 0.25) is 0 Å². The maximum Gasteiger partial charge on any atom is 0.0476 e. The van der Waals surface area contributed by atoms with Gasteiger partial charge in [-0.2, -0.15) is 0 Å². The molecule has 1 fully saturated rings. The van der Waals surface area contributed by atoms with Gasteiger partial charge in [0, 0.05) is 24.0 Å². The predicted molar refractivity (Wildman–Crippen MR) is 57.7 cm³/mol. The van der Waals surface area contributed by atoms with Crippen LogP contribution in [0.1, 0.15) is 37.4 Å². The van der Waals surface area contributed by atoms with Gasteiger partial charge in [-0.25, -0.2) is 0 Å². The Bertz CT molecular complexity index is 260. The van der Waals surface area contributed by atoms with E-state index >= 15 is 0 Å². The Morgan fingerprint density at radius 1 is 1.29 bits per heavy atom. The first kappa shape index (κ1) is 9.74. The van der Waals surface area contributed by atoms with Crippen LogP contribution in [0, 0.1) is 5.92 Å². The van der Waals surface area contributed by atoms with Crippen LogP contribution >= 0.6 is 0 Å². The first-order chi connectivity index (χ1) is 6.77. The molecule has 1 aromatic heterocycles. The van der Waals surface area contributed by atoms with E-state index in [-0.39, 0.29) is 6.04 Å². The minimum absolute atomic E-state index is 0.164. The maximum absolute atomic E-state index is 6.19. The standard InChI is InChI=1S/C11H19N3/c12-9-5-3-8(4-6-9)11(13)10-2-1-7-14-10/h1-2,7-9,11,14H,3-6,12-13H2. The topological polar surface area (TPSA) is 67.8 Å². The van der Waals surface area contributed by atoms with E-state index in [2.05, 4.69) is 11.1 Å². The second kappa shape index (κ2) is 4.15. The Balaban J connectivity index is 1.95. The van der Waals surface area contributed by atoms with Crippen molar-refractivity contribution in [1.82, 2.24) is 4.98 Å². The fraction of sp³-hybridized carbons (Fsp3) is 0.636. The van der Waals surface area contributed by atoms with Crippen LogP contribution in [0.5, 0.6) is 0 Å². The zero-order chi connectivity index (χ0) is 9.97. The van der Waals surface area contributed by atoms with Crippen LogP contribution in [-0.2, 0) is 0 Å². The molecule has 14 heavy (non-hydrogen) atoms. The van der Waals surface area contributed by atoms with E-state index < -0.39 is 0 Å². The Hall–Kier alpha value is -0.800. The van der Waals surface area contributed by atoms with Crippen molar-refractivity contribution < 1.29 is 0 Å². The quantitative estimate of drug-likeness (QED) is 0.666. The van der Waals surface area contributed by atoms with Crippen molar-refractivity contribution >= 4 is 0 Å². The minimum atomic E-state index is 0.164. The third kappa shape index (κ3) is 1.99. The van der Waals surface area contributed by atoms with Crippen LogP contribution in [0.4, 0.5) is 0 Å². The third-order valence-corrected chi connectivity index (χ3v) is 3.31. The van der Waals surface area contributed by atoms with Gasteiger partial charge in [0.1, 0.15) is 0 Å². The van der Waals surface area contributed by atoms with Gasteiger partial charge in [-0.3, -0.25) is 0 Å². The lowest BCUT2D eigenvalue weighted by atomic mass is 9.81. The van der Waals surface area contributed by atoms with E-state index in [1.807, 2.05) is 12.3 Å². The van der Waals surface area contributed by atoms with Crippen LogP contribution < -0.4 is 11.5 Å². The monoisotopic (exact) mass is 193 g/mol. The molecule has 3 nitrogen and oxygen atoms in total. The van der Waals surface area contributed by atoms with E-state index in [1.54, 1.807) is 0 Å². The zero-order valence-corrected chi connectivity index (χ0v) is 8.45. The summed E-state index contributed by atoms with van der Waals surface area (Å²) in [7, 11) is 0. The SMILES string of the molecule is NC1CCC(C(N)c2ccc[nH]2)CC1. The highest BCUT2D eigenvalue weighted by Crippen LogP contribution is 2.31. The van der Waals surface area contributed by atoms with Crippen LogP contribution in [-0.4, -0.2) is 11.0 Å². The summed E-state index contributed by atoms with van der Waals surface area (Å²) >= 11 is 0. The summed E-state index contributed by atoms with van der Waals surface area (Å²) in [6.45, 7) is 0. The largest absolute Gasteiger partial charge is 0.364 e. The Labute approximate surface area is 84.9 Å². The second-order valence-electron chi connectivity index (χ2n) is 4.33. The molecule has 0 amide bonds. The third-order valence-electron chi connectivity index (χ3n) is 3.31. The van der Waals surface area contributed by atoms with E-state index in [4.69, 9.17) is 11.5 Å². The van der Waals surface area contributed by atoms with Crippen molar-refractivity contribution in [3.05, 3.63) is 24.0 Å². The molecule has 1 aromatic rings. The molecule has 1 saturated carbocycles. The molecule has 1 atom stereocenters. The molecule has 0 radical (unpaired) electrons. The average molecular weight is 193 g/mol. The Morgan fingerprint density at radius 3 is 2.57 bits per heavy atom. The normalized spacial score (nSPS) is 30.1. The lowest BCUT2D eigenvalue weighted by Gasteiger charge is -2.30. The van der Waals surface area contributed by atoms with Crippen molar-refractivity contribution in [2.75, 3.05) is 0 Å². The summed E-state index contributed by atoms with van der Waals surface area (Å²) in [6.07, 6.45) is 6.52. The number of aromatic nitrogens is 1. The highest BCUT2D eigenvalue weighted by atomic mass is 14.8. The molecule has 1 heterocycles. The van der Waals surface area contributed by atoms with Crippen molar-refractivity contribution in [3.8, 4) is 0 Å². The molecule has 1 aliphatic rings. The van der Waals surface area contributed by atoms with Crippen molar-refractivity contribution in [1.29, 1.82) is 0 Å². The second-order valence-corrected chi connectivity index (χ2v) is 4.33. The summed E-state index contributed by atoms with van der Waals surface area (Å²) in [5, 5.41) is 0. The van der Waals surface area contributed by atoms with Crippen LogP contribution in [0.25, 0.3) is 0 Å². The molecule has 0 bridgehead atoms. The number of aromatic amines is 1. The fourth-order valence-corrected chi connectivity index (χ4v) is 2.31. The first-order valence-electron chi connectivity index (χ1n) is 5.42. The van der Waals surface area contributed by atoms with Gasteiger partial charge >= 0.3 is 0 Å². The molecule has 1 aliphatic carbocycles. The van der Waals surface area contributed by atoms with E-state index in [9.17, 15) is 0 Å². The van der Waals surface area contributed by atoms with Gasteiger partial charge in [0.05, 0.1) is 0 Å². The van der Waals surface area contributed by atoms with Crippen LogP contribution in [0.15, 0.2) is 18.3 Å². The number of rotatable bonds is 2. The highest BCUT2D eigenvalue weighted by Gasteiger charge is 2.25. The summed E-state index contributed by atoms with van der Waals surface area (Å²) < 4.78 is 0. The summed E-state index contributed by atoms with van der Waals surface area (Å²) in [4.78, 5) is 3.19. The molecule has 78 valence electrons. The average Bonchev–Trinajstić information content (AvgIpc) is 2.71. The van der Waals surface area contributed by atoms with Gasteiger partial charge in [0.2, 0.25) is 0 Å². The number of nitrogens with two attached hydrogens (primary N) is 2. The number of nitrogens with one attached hydrogen (secondary N) is 1. The summed E-state index contributed by atoms with van der Waals surface area (Å²) in [5.74, 6) is 0.605. The number of H-pyrrole nitrogens is 1. The lowest BCUT2D eigenvalue weighted by molar-refractivity contribution is 0.282. The fourth-order valence-electron chi connectivity index (χ4n) is 2.31. The molecular formula is C11H19N3. The summed E-state index contributed by atoms with van der Waals surface area (Å²) in [5.41, 5.74) is 13.2. The smallest absolute Gasteiger partial charge is 0.0476 e. The van der Waals surface area contributed by atoms with Crippen molar-refractivity contribution in [2.45, 2.75) is 37.8 Å². The van der Waals surface area contributed by atoms with Gasteiger partial charge in [-0.1, -0.05) is 0 Å². The lowest BCUT2D eigenvalue weighted by Crippen LogP contribution is -2.31. The Morgan fingerprint density at radius 2 is 2.00 bits per heavy atom. The maximum atomic E-state index is 6.19. The molecular weight excluding hydrogens is 174 g/mol. The number of hydrogen-bond donors (Lipinski definition) is 3. The van der Waals surface area contributed by atoms with Crippen LogP contribution in [0.3, 0.4) is 0 Å². The van der Waals surface area contributed by atoms with Gasteiger partial charge in [0.25, 0.3) is 0 Å². The van der Waals surface area contributed by atoms with Gasteiger partial charge in [-0.05, 0) is 43.7 Å². The van der Waals surface area contributed by atoms with Gasteiger partial charge in [0.15, 0.2) is 0 Å². The van der Waals surface area contributed by atoms with Crippen molar-refractivity contribution in [2.24, 2.45) is 17.4 Å². The predicted octanol–water partition coefficient (Wildman–Crippen LogP) is 1.53. The minimum Gasteiger partial charge on any atom is -0.364 e. The van der Waals surface area contributed by atoms with E-state index in [0.29, 0.717) is 12.0 Å². The highest BCUT2D eigenvalue weighted by molar-refractivity contribution is 5.10. The zero-order valence-electron chi connectivity index (χ0n) is 8.45.